The number of carbonyl (C=O) groups excluding carboxylic acids is 1. The number of carbonyl (C=O) groups is 1. The maximum absolute atomic E-state index is 14.4. The van der Waals surface area contributed by atoms with Crippen LogP contribution in [0, 0.1) is 24.6 Å². The molecule has 1 N–H and O–H groups in total. The Hall–Kier alpha value is -3.53. The molecule has 2 aromatic heterocycles. The van der Waals surface area contributed by atoms with Gasteiger partial charge in [0.25, 0.3) is 15.9 Å². The van der Waals surface area contributed by atoms with Gasteiger partial charge in [-0.25, -0.2) is 19.1 Å². The fourth-order valence-corrected chi connectivity index (χ4v) is 5.22. The minimum Gasteiger partial charge on any atom is -0.493 e. The van der Waals surface area contributed by atoms with E-state index in [1.807, 2.05) is 13.8 Å². The minimum absolute atomic E-state index is 0.0135. The highest BCUT2D eigenvalue weighted by atomic mass is 32.2. The second-order valence-electron chi connectivity index (χ2n) is 10.1. The zero-order chi connectivity index (χ0) is 27.4. The smallest absolute Gasteiger partial charge is 0.281 e. The summed E-state index contributed by atoms with van der Waals surface area (Å²) < 4.78 is 54.0. The van der Waals surface area contributed by atoms with Crippen LogP contribution < -0.4 is 14.2 Å². The first-order valence-corrected chi connectivity index (χ1v) is 14.1. The predicted octanol–water partition coefficient (Wildman–Crippen LogP) is 5.31. The van der Waals surface area contributed by atoms with Crippen LogP contribution >= 0.6 is 0 Å². The lowest BCUT2D eigenvalue weighted by molar-refractivity contribution is 0.0972. The molecule has 1 fully saturated rings. The molecule has 202 valence electrons. The third-order valence-electron chi connectivity index (χ3n) is 6.15. The first-order chi connectivity index (χ1) is 18.0. The van der Waals surface area contributed by atoms with Crippen LogP contribution in [-0.4, -0.2) is 37.0 Å². The van der Waals surface area contributed by atoms with Crippen molar-refractivity contribution in [1.29, 1.82) is 0 Å². The zero-order valence-corrected chi connectivity index (χ0v) is 22.7. The minimum atomic E-state index is -4.23. The van der Waals surface area contributed by atoms with Crippen molar-refractivity contribution in [2.24, 2.45) is 11.8 Å². The summed E-state index contributed by atoms with van der Waals surface area (Å²) in [6, 6.07) is 11.8. The molecule has 4 rings (SSSR count). The van der Waals surface area contributed by atoms with Crippen molar-refractivity contribution >= 4 is 15.9 Å². The van der Waals surface area contributed by atoms with Crippen LogP contribution in [0.25, 0.3) is 11.3 Å². The summed E-state index contributed by atoms with van der Waals surface area (Å²) in [5.41, 5.74) is 1.26. The Bertz CT molecular complexity index is 1430. The number of hydrogen-bond donors (Lipinski definition) is 1. The Morgan fingerprint density at radius 3 is 2.61 bits per heavy atom. The number of hydrogen-bond acceptors (Lipinski definition) is 7. The lowest BCUT2D eigenvalue weighted by Crippen LogP contribution is -2.32. The molecule has 2 atom stereocenters. The molecule has 0 bridgehead atoms. The van der Waals surface area contributed by atoms with Gasteiger partial charge in [-0.1, -0.05) is 26.8 Å². The van der Waals surface area contributed by atoms with Crippen molar-refractivity contribution < 1.29 is 27.1 Å². The number of halogens is 1. The maximum Gasteiger partial charge on any atom is 0.281 e. The third-order valence-corrected chi connectivity index (χ3v) is 7.38. The van der Waals surface area contributed by atoms with Crippen molar-refractivity contribution in [1.82, 2.24) is 14.7 Å². The Labute approximate surface area is 222 Å². The molecule has 10 heteroatoms. The van der Waals surface area contributed by atoms with Crippen LogP contribution in [0.1, 0.15) is 56.1 Å². The predicted molar refractivity (Wildman–Crippen MR) is 141 cm³/mol. The summed E-state index contributed by atoms with van der Waals surface area (Å²) in [6.07, 6.45) is 2.37. The van der Waals surface area contributed by atoms with E-state index in [1.165, 1.54) is 30.3 Å². The lowest BCUT2D eigenvalue weighted by atomic mass is 10.1. The number of aromatic nitrogens is 2. The average Bonchev–Trinajstić information content (AvgIpc) is 3.26. The Kier molecular flexibility index (Phi) is 8.30. The van der Waals surface area contributed by atoms with Crippen LogP contribution in [0.3, 0.4) is 0 Å². The number of nitrogens with one attached hydrogen (secondary N) is 1. The molecule has 1 aliphatic carbocycles. The van der Waals surface area contributed by atoms with Gasteiger partial charge in [-0.3, -0.25) is 4.79 Å². The van der Waals surface area contributed by atoms with Crippen molar-refractivity contribution in [2.45, 2.75) is 58.1 Å². The number of aryl methyl sites for hydroxylation is 1. The van der Waals surface area contributed by atoms with Gasteiger partial charge in [0.05, 0.1) is 12.3 Å². The first-order valence-electron chi connectivity index (χ1n) is 12.6. The topological polar surface area (TPSA) is 107 Å². The highest BCUT2D eigenvalue weighted by molar-refractivity contribution is 7.90. The highest BCUT2D eigenvalue weighted by Crippen LogP contribution is 2.32. The largest absolute Gasteiger partial charge is 0.493 e. The fraction of sp³-hybridized carbons (Fsp3) is 0.393. The van der Waals surface area contributed by atoms with Gasteiger partial charge in [0.1, 0.15) is 23.2 Å². The van der Waals surface area contributed by atoms with E-state index in [4.69, 9.17) is 9.47 Å². The monoisotopic (exact) mass is 541 g/mol. The molecule has 38 heavy (non-hydrogen) atoms. The molecule has 1 aliphatic rings. The number of amides is 1. The Balaban J connectivity index is 1.67. The molecule has 2 unspecified atom stereocenters. The summed E-state index contributed by atoms with van der Waals surface area (Å²) >= 11 is 0. The molecule has 1 aromatic carbocycles. The molecular formula is C28H32FN3O5S. The van der Waals surface area contributed by atoms with E-state index in [-0.39, 0.29) is 28.5 Å². The van der Waals surface area contributed by atoms with Crippen molar-refractivity contribution in [2.75, 3.05) is 6.61 Å². The van der Waals surface area contributed by atoms with Gasteiger partial charge in [-0.05, 0) is 74.4 Å². The first kappa shape index (κ1) is 27.5. The van der Waals surface area contributed by atoms with E-state index in [2.05, 4.69) is 21.6 Å². The van der Waals surface area contributed by atoms with E-state index in [9.17, 15) is 17.6 Å². The van der Waals surface area contributed by atoms with E-state index >= 15 is 0 Å². The quantitative estimate of drug-likeness (QED) is 0.391. The molecule has 0 saturated heterocycles. The van der Waals surface area contributed by atoms with E-state index in [0.29, 0.717) is 35.2 Å². The van der Waals surface area contributed by atoms with Gasteiger partial charge in [0, 0.05) is 17.3 Å². The van der Waals surface area contributed by atoms with Gasteiger partial charge in [-0.2, -0.15) is 8.42 Å². The summed E-state index contributed by atoms with van der Waals surface area (Å²) in [5.74, 6) is -0.321. The molecule has 8 nitrogen and oxygen atoms in total. The number of nitrogens with zero attached hydrogens (tertiary/aromatic N) is 2. The van der Waals surface area contributed by atoms with Crippen LogP contribution in [0.15, 0.2) is 53.6 Å². The summed E-state index contributed by atoms with van der Waals surface area (Å²) in [5, 5.41) is -0.267. The van der Waals surface area contributed by atoms with Crippen LogP contribution in [0.5, 0.6) is 11.6 Å². The summed E-state index contributed by atoms with van der Waals surface area (Å²) in [6.45, 7) is 8.19. The van der Waals surface area contributed by atoms with Gasteiger partial charge in [-0.15, -0.1) is 0 Å². The van der Waals surface area contributed by atoms with Crippen LogP contribution in [0.2, 0.25) is 0 Å². The van der Waals surface area contributed by atoms with Gasteiger partial charge in [0.15, 0.2) is 5.03 Å². The zero-order valence-electron chi connectivity index (χ0n) is 21.9. The SMILES string of the molecule is Cc1cccc(S(=O)(=O)NC(=O)c2ccc(-c3cc(F)cc(OCC(C)C)c3)nc2OC2CCC(C)C2)n1. The van der Waals surface area contributed by atoms with Crippen LogP contribution in [0.4, 0.5) is 4.39 Å². The molecule has 3 aromatic rings. The summed E-state index contributed by atoms with van der Waals surface area (Å²) in [7, 11) is -4.23. The van der Waals surface area contributed by atoms with Crippen molar-refractivity contribution in [3.63, 3.8) is 0 Å². The number of sulfonamides is 1. The number of benzene rings is 1. The van der Waals surface area contributed by atoms with Crippen LogP contribution in [-0.2, 0) is 10.0 Å². The Morgan fingerprint density at radius 2 is 1.92 bits per heavy atom. The number of rotatable bonds is 9. The van der Waals surface area contributed by atoms with Gasteiger partial charge in [0.2, 0.25) is 5.88 Å². The molecule has 1 saturated carbocycles. The highest BCUT2D eigenvalue weighted by Gasteiger charge is 2.28. The van der Waals surface area contributed by atoms with Gasteiger partial charge >= 0.3 is 0 Å². The molecule has 0 aliphatic heterocycles. The third kappa shape index (κ3) is 6.86. The van der Waals surface area contributed by atoms with E-state index in [0.717, 1.165) is 19.3 Å². The van der Waals surface area contributed by atoms with Crippen molar-refractivity contribution in [3.8, 4) is 22.9 Å². The Morgan fingerprint density at radius 1 is 1.13 bits per heavy atom. The normalized spacial score (nSPS) is 17.4. The van der Waals surface area contributed by atoms with Gasteiger partial charge < -0.3 is 9.47 Å². The number of pyridine rings is 2. The lowest BCUT2D eigenvalue weighted by Gasteiger charge is -2.17. The maximum atomic E-state index is 14.4. The van der Waals surface area contributed by atoms with E-state index < -0.39 is 21.7 Å². The molecular weight excluding hydrogens is 509 g/mol. The standard InChI is InChI=1S/C28H32FN3O5S/c1-17(2)16-36-23-14-20(13-21(29)15-23)25-11-10-24(28(31-25)37-22-9-8-18(3)12-22)27(33)32-38(34,35)26-7-5-6-19(4)30-26/h5-7,10-11,13-15,17-18,22H,8-9,12,16H2,1-4H3,(H,32,33). The van der Waals surface area contributed by atoms with E-state index in [1.54, 1.807) is 25.1 Å². The van der Waals surface area contributed by atoms with Crippen molar-refractivity contribution in [3.05, 3.63) is 65.6 Å². The number of ether oxygens (including phenoxy) is 2. The molecule has 0 radical (unpaired) electrons. The summed E-state index contributed by atoms with van der Waals surface area (Å²) in [4.78, 5) is 21.7. The molecule has 2 heterocycles. The second-order valence-corrected chi connectivity index (χ2v) is 11.8. The molecule has 1 amide bonds. The second kappa shape index (κ2) is 11.5. The molecule has 0 spiro atoms. The average molecular weight is 542 g/mol. The fourth-order valence-electron chi connectivity index (χ4n) is 4.24.